The number of imidazole rings is 1. The van der Waals surface area contributed by atoms with Gasteiger partial charge >= 0.3 is 0 Å². The third-order valence-corrected chi connectivity index (χ3v) is 5.40. The summed E-state index contributed by atoms with van der Waals surface area (Å²) in [6.45, 7) is 0. The minimum Gasteiger partial charge on any atom is -0.337 e. The number of aromatic nitrogens is 4. The van der Waals surface area contributed by atoms with Gasteiger partial charge in [-0.2, -0.15) is 8.42 Å². The number of aromatic amines is 1. The van der Waals surface area contributed by atoms with E-state index in [1.165, 1.54) is 6.07 Å². The molecule has 5 aromatic rings. The van der Waals surface area contributed by atoms with Crippen molar-refractivity contribution in [3.05, 3.63) is 60.9 Å². The fourth-order valence-corrected chi connectivity index (χ4v) is 4.05. The Hall–Kier alpha value is -3.36. The number of fused-ring (bicyclic) bond motifs is 6. The highest BCUT2D eigenvalue weighted by Crippen LogP contribution is 2.34. The maximum atomic E-state index is 11.8. The molecule has 0 aliphatic carbocycles. The van der Waals surface area contributed by atoms with Gasteiger partial charge in [0.05, 0.1) is 22.1 Å². The molecule has 2 N–H and O–H groups in total. The fourth-order valence-electron chi connectivity index (χ4n) is 3.36. The molecule has 0 bridgehead atoms. The lowest BCUT2D eigenvalue weighted by Gasteiger charge is -2.03. The van der Waals surface area contributed by atoms with E-state index in [0.29, 0.717) is 16.9 Å². The van der Waals surface area contributed by atoms with E-state index in [2.05, 4.69) is 19.9 Å². The molecular weight excluding hydrogens is 364 g/mol. The quantitative estimate of drug-likeness (QED) is 0.360. The molecule has 0 atom stereocenters. The summed E-state index contributed by atoms with van der Waals surface area (Å²) in [4.78, 5) is 16.5. The van der Waals surface area contributed by atoms with Gasteiger partial charge in [0.2, 0.25) is 0 Å². The molecule has 0 fully saturated rings. The first kappa shape index (κ1) is 15.9. The van der Waals surface area contributed by atoms with E-state index in [0.717, 1.165) is 27.3 Å². The Balaban J connectivity index is 1.94. The zero-order chi connectivity index (χ0) is 18.6. The molecule has 0 amide bonds. The molecule has 2 aromatic carbocycles. The van der Waals surface area contributed by atoms with Crippen LogP contribution in [0, 0.1) is 0 Å². The lowest BCUT2D eigenvalue weighted by molar-refractivity contribution is 0.483. The number of hydrogen-bond donors (Lipinski definition) is 2. The van der Waals surface area contributed by atoms with Gasteiger partial charge in [-0.3, -0.25) is 14.5 Å². The number of H-pyrrole nitrogens is 1. The van der Waals surface area contributed by atoms with Crippen LogP contribution in [0.4, 0.5) is 0 Å². The van der Waals surface area contributed by atoms with Gasteiger partial charge in [0.25, 0.3) is 10.1 Å². The Morgan fingerprint density at radius 1 is 0.815 bits per heavy atom. The van der Waals surface area contributed by atoms with Gasteiger partial charge in [-0.05, 0) is 36.4 Å². The topological polar surface area (TPSA) is 109 Å². The van der Waals surface area contributed by atoms with Gasteiger partial charge in [0.15, 0.2) is 0 Å². The summed E-state index contributed by atoms with van der Waals surface area (Å²) in [6, 6.07) is 13.6. The smallest absolute Gasteiger partial charge is 0.295 e. The highest BCUT2D eigenvalue weighted by molar-refractivity contribution is 7.86. The largest absolute Gasteiger partial charge is 0.337 e. The lowest BCUT2D eigenvalue weighted by Crippen LogP contribution is -2.01. The molecule has 5 rings (SSSR count). The van der Waals surface area contributed by atoms with E-state index in [4.69, 9.17) is 0 Å². The van der Waals surface area contributed by atoms with Gasteiger partial charge in [-0.1, -0.05) is 12.1 Å². The van der Waals surface area contributed by atoms with E-state index in [9.17, 15) is 13.0 Å². The minimum atomic E-state index is -4.39. The van der Waals surface area contributed by atoms with Crippen LogP contribution < -0.4 is 0 Å². The van der Waals surface area contributed by atoms with E-state index in [1.807, 2.05) is 24.3 Å². The Kier molecular flexibility index (Phi) is 3.27. The van der Waals surface area contributed by atoms with Crippen molar-refractivity contribution in [1.82, 2.24) is 19.9 Å². The standard InChI is InChI=1S/C19H12N4O3S/c24-27(25,26)14-8-2-1-5-11(14)19-22-17-12-6-3-9-20-15(12)16-13(18(17)23-19)7-4-10-21-16/h1-10H,(H,22,23)(H,24,25,26). The van der Waals surface area contributed by atoms with Crippen molar-refractivity contribution < 1.29 is 13.0 Å². The average Bonchev–Trinajstić information content (AvgIpc) is 3.13. The van der Waals surface area contributed by atoms with E-state index >= 15 is 0 Å². The van der Waals surface area contributed by atoms with Gasteiger partial charge in [-0.25, -0.2) is 4.98 Å². The second-order valence-corrected chi connectivity index (χ2v) is 7.47. The molecule has 3 aromatic heterocycles. The highest BCUT2D eigenvalue weighted by Gasteiger charge is 2.20. The first-order valence-corrected chi connectivity index (χ1v) is 9.56. The van der Waals surface area contributed by atoms with Gasteiger partial charge in [0.1, 0.15) is 10.7 Å². The Bertz CT molecular complexity index is 1390. The van der Waals surface area contributed by atoms with Crippen LogP contribution in [0.15, 0.2) is 65.8 Å². The molecule has 0 saturated carbocycles. The van der Waals surface area contributed by atoms with Crippen LogP contribution in [0.25, 0.3) is 44.2 Å². The molecule has 0 spiro atoms. The summed E-state index contributed by atoms with van der Waals surface area (Å²) in [5.74, 6) is 0.347. The molecule has 0 unspecified atom stereocenters. The Labute approximate surface area is 153 Å². The minimum absolute atomic E-state index is 0.200. The van der Waals surface area contributed by atoms with Gasteiger partial charge < -0.3 is 4.98 Å². The number of hydrogen-bond acceptors (Lipinski definition) is 5. The molecule has 7 nitrogen and oxygen atoms in total. The Morgan fingerprint density at radius 3 is 2.22 bits per heavy atom. The van der Waals surface area contributed by atoms with Crippen LogP contribution in [0.1, 0.15) is 0 Å². The zero-order valence-electron chi connectivity index (χ0n) is 13.8. The molecule has 3 heterocycles. The predicted octanol–water partition coefficient (Wildman–Crippen LogP) is 3.57. The van der Waals surface area contributed by atoms with Gasteiger partial charge in [0, 0.05) is 28.7 Å². The van der Waals surface area contributed by atoms with Crippen molar-refractivity contribution in [2.75, 3.05) is 0 Å². The van der Waals surface area contributed by atoms with Crippen LogP contribution in [-0.2, 0) is 10.1 Å². The van der Waals surface area contributed by atoms with E-state index in [1.54, 1.807) is 30.6 Å². The summed E-state index contributed by atoms with van der Waals surface area (Å²) >= 11 is 0. The van der Waals surface area contributed by atoms with E-state index < -0.39 is 10.1 Å². The molecule has 0 aliphatic rings. The van der Waals surface area contributed by atoms with Crippen LogP contribution in [0.5, 0.6) is 0 Å². The number of nitrogens with one attached hydrogen (secondary N) is 1. The molecule has 8 heteroatoms. The van der Waals surface area contributed by atoms with Crippen molar-refractivity contribution in [2.45, 2.75) is 4.90 Å². The molecule has 132 valence electrons. The first-order valence-electron chi connectivity index (χ1n) is 8.12. The lowest BCUT2D eigenvalue weighted by atomic mass is 10.1. The zero-order valence-corrected chi connectivity index (χ0v) is 14.6. The maximum absolute atomic E-state index is 11.8. The third-order valence-electron chi connectivity index (χ3n) is 4.49. The third kappa shape index (κ3) is 2.38. The van der Waals surface area contributed by atoms with Crippen molar-refractivity contribution in [3.8, 4) is 11.4 Å². The molecule has 27 heavy (non-hydrogen) atoms. The molecule has 0 aliphatic heterocycles. The molecule has 0 radical (unpaired) electrons. The highest BCUT2D eigenvalue weighted by atomic mass is 32.2. The summed E-state index contributed by atoms with van der Waals surface area (Å²) in [7, 11) is -4.39. The van der Waals surface area contributed by atoms with Crippen molar-refractivity contribution in [3.63, 3.8) is 0 Å². The SMILES string of the molecule is O=S(=O)(O)c1ccccc1-c1nc2c3cccnc3c3ncccc3c2[nH]1. The van der Waals surface area contributed by atoms with Gasteiger partial charge in [-0.15, -0.1) is 0 Å². The Morgan fingerprint density at radius 2 is 1.48 bits per heavy atom. The van der Waals surface area contributed by atoms with Crippen molar-refractivity contribution in [2.24, 2.45) is 0 Å². The van der Waals surface area contributed by atoms with Crippen molar-refractivity contribution >= 4 is 43.0 Å². The normalized spacial score (nSPS) is 12.2. The van der Waals surface area contributed by atoms with E-state index in [-0.39, 0.29) is 4.90 Å². The predicted molar refractivity (Wildman–Crippen MR) is 102 cm³/mol. The van der Waals surface area contributed by atoms with Crippen molar-refractivity contribution in [1.29, 1.82) is 0 Å². The van der Waals surface area contributed by atoms with Crippen LogP contribution in [0.3, 0.4) is 0 Å². The summed E-state index contributed by atoms with van der Waals surface area (Å²) in [6.07, 6.45) is 3.40. The monoisotopic (exact) mass is 376 g/mol. The van der Waals surface area contributed by atoms with Crippen LogP contribution >= 0.6 is 0 Å². The average molecular weight is 376 g/mol. The van der Waals surface area contributed by atoms with Crippen LogP contribution in [0.2, 0.25) is 0 Å². The summed E-state index contributed by atoms with van der Waals surface area (Å²) < 4.78 is 33.1. The number of nitrogens with zero attached hydrogens (tertiary/aromatic N) is 3. The van der Waals surface area contributed by atoms with Crippen LogP contribution in [-0.4, -0.2) is 32.9 Å². The summed E-state index contributed by atoms with van der Waals surface area (Å²) in [5.41, 5.74) is 3.16. The number of pyridine rings is 2. The maximum Gasteiger partial charge on any atom is 0.295 e. The first-order chi connectivity index (χ1) is 13.0. The number of benzene rings is 2. The fraction of sp³-hybridized carbons (Fsp3) is 0. The molecule has 0 saturated heterocycles. The number of rotatable bonds is 2. The molecular formula is C19H12N4O3S. The summed E-state index contributed by atoms with van der Waals surface area (Å²) in [5, 5.41) is 1.65. The second kappa shape index (κ2) is 5.57. The second-order valence-electron chi connectivity index (χ2n) is 6.08.